The smallest absolute Gasteiger partial charge is 0.308 e. The fraction of sp³-hybridized carbons (Fsp3) is 0.875. The molecular formula is C16H29NO4. The van der Waals surface area contributed by atoms with Gasteiger partial charge in [-0.05, 0) is 12.8 Å². The summed E-state index contributed by atoms with van der Waals surface area (Å²) in [6.45, 7) is 4.62. The number of carbonyl (C=O) groups excluding carboxylic acids is 1. The summed E-state index contributed by atoms with van der Waals surface area (Å²) in [5, 5.41) is 8.89. The lowest BCUT2D eigenvalue weighted by Crippen LogP contribution is -2.28. The van der Waals surface area contributed by atoms with Gasteiger partial charge in [0.05, 0.1) is 5.92 Å². The van der Waals surface area contributed by atoms with Gasteiger partial charge in [-0.1, -0.05) is 39.0 Å². The first-order valence-electron chi connectivity index (χ1n) is 8.23. The molecule has 1 N–H and O–H groups in total. The van der Waals surface area contributed by atoms with Crippen LogP contribution in [0.4, 0.5) is 0 Å². The van der Waals surface area contributed by atoms with Gasteiger partial charge in [-0.2, -0.15) is 0 Å². The molecule has 0 aliphatic carbocycles. The second kappa shape index (κ2) is 10.6. The van der Waals surface area contributed by atoms with E-state index in [1.807, 2.05) is 0 Å². The molecule has 1 heterocycles. The molecule has 1 amide bonds. The molecular weight excluding hydrogens is 270 g/mol. The highest BCUT2D eigenvalue weighted by atomic mass is 16.5. The minimum Gasteiger partial charge on any atom is -0.481 e. The number of aliphatic carboxylic acids is 1. The Hall–Kier alpha value is -1.10. The lowest BCUT2D eigenvalue weighted by molar-refractivity contribution is -0.141. The number of hydrogen-bond donors (Lipinski definition) is 1. The van der Waals surface area contributed by atoms with Gasteiger partial charge in [-0.15, -0.1) is 0 Å². The molecule has 0 saturated carbocycles. The molecule has 1 atom stereocenters. The van der Waals surface area contributed by atoms with Crippen molar-refractivity contribution in [3.8, 4) is 0 Å². The van der Waals surface area contributed by atoms with Crippen LogP contribution in [0.25, 0.3) is 0 Å². The van der Waals surface area contributed by atoms with Crippen molar-refractivity contribution in [3.63, 3.8) is 0 Å². The van der Waals surface area contributed by atoms with Crippen LogP contribution in [0.5, 0.6) is 0 Å². The first kappa shape index (κ1) is 18.0. The van der Waals surface area contributed by atoms with Crippen molar-refractivity contribution in [2.24, 2.45) is 5.92 Å². The zero-order chi connectivity index (χ0) is 15.5. The summed E-state index contributed by atoms with van der Waals surface area (Å²) < 4.78 is 5.56. The van der Waals surface area contributed by atoms with Gasteiger partial charge in [0.2, 0.25) is 5.91 Å². The van der Waals surface area contributed by atoms with E-state index < -0.39 is 11.9 Å². The molecule has 1 saturated heterocycles. The van der Waals surface area contributed by atoms with Crippen LogP contribution in [0.2, 0.25) is 0 Å². The zero-order valence-electron chi connectivity index (χ0n) is 13.2. The van der Waals surface area contributed by atoms with E-state index >= 15 is 0 Å². The molecule has 0 bridgehead atoms. The van der Waals surface area contributed by atoms with Gasteiger partial charge >= 0.3 is 5.97 Å². The molecule has 1 fully saturated rings. The van der Waals surface area contributed by atoms with Gasteiger partial charge < -0.3 is 14.7 Å². The monoisotopic (exact) mass is 299 g/mol. The number of rotatable bonds is 12. The Kier molecular flexibility index (Phi) is 9.06. The number of hydrogen-bond acceptors (Lipinski definition) is 3. The van der Waals surface area contributed by atoms with Crippen LogP contribution in [0.3, 0.4) is 0 Å². The Morgan fingerprint density at radius 3 is 2.52 bits per heavy atom. The Labute approximate surface area is 127 Å². The lowest BCUT2D eigenvalue weighted by atomic mass is 10.1. The highest BCUT2D eigenvalue weighted by molar-refractivity contribution is 5.86. The topological polar surface area (TPSA) is 66.8 Å². The van der Waals surface area contributed by atoms with Crippen LogP contribution < -0.4 is 0 Å². The Morgan fingerprint density at radius 2 is 1.86 bits per heavy atom. The molecule has 21 heavy (non-hydrogen) atoms. The predicted molar refractivity (Wildman–Crippen MR) is 81.1 cm³/mol. The molecule has 1 unspecified atom stereocenters. The average Bonchev–Trinajstić information content (AvgIpc) is 2.82. The molecule has 0 aromatic carbocycles. The van der Waals surface area contributed by atoms with Crippen LogP contribution in [-0.2, 0) is 14.3 Å². The van der Waals surface area contributed by atoms with Crippen molar-refractivity contribution in [2.45, 2.75) is 58.3 Å². The molecule has 1 aliphatic heterocycles. The van der Waals surface area contributed by atoms with Gasteiger partial charge in [0.1, 0.15) is 0 Å². The maximum atomic E-state index is 11.6. The summed E-state index contributed by atoms with van der Waals surface area (Å²) in [5.74, 6) is -1.44. The molecule has 1 rings (SSSR count). The van der Waals surface area contributed by atoms with Crippen molar-refractivity contribution in [1.29, 1.82) is 0 Å². The van der Waals surface area contributed by atoms with Crippen LogP contribution >= 0.6 is 0 Å². The molecule has 0 aromatic heterocycles. The zero-order valence-corrected chi connectivity index (χ0v) is 13.2. The largest absolute Gasteiger partial charge is 0.481 e. The third-order valence-electron chi connectivity index (χ3n) is 3.92. The second-order valence-corrected chi connectivity index (χ2v) is 5.81. The normalized spacial score (nSPS) is 18.4. The van der Waals surface area contributed by atoms with E-state index in [0.29, 0.717) is 19.7 Å². The third kappa shape index (κ3) is 7.46. The number of carboxylic acid groups (broad SMARTS) is 1. The van der Waals surface area contributed by atoms with Crippen molar-refractivity contribution >= 4 is 11.9 Å². The van der Waals surface area contributed by atoms with Crippen molar-refractivity contribution in [2.75, 3.05) is 26.3 Å². The van der Waals surface area contributed by atoms with Crippen LogP contribution in [0.1, 0.15) is 58.3 Å². The minimum absolute atomic E-state index is 0.0432. The quantitative estimate of drug-likeness (QED) is 0.563. The summed E-state index contributed by atoms with van der Waals surface area (Å²) in [5.41, 5.74) is 0. The van der Waals surface area contributed by atoms with E-state index in [4.69, 9.17) is 9.84 Å². The maximum absolute atomic E-state index is 11.6. The van der Waals surface area contributed by atoms with Gasteiger partial charge in [-0.25, -0.2) is 0 Å². The first-order valence-corrected chi connectivity index (χ1v) is 8.23. The summed E-state index contributed by atoms with van der Waals surface area (Å²) in [7, 11) is 0. The minimum atomic E-state index is -0.870. The van der Waals surface area contributed by atoms with E-state index in [-0.39, 0.29) is 12.3 Å². The van der Waals surface area contributed by atoms with Crippen molar-refractivity contribution in [1.82, 2.24) is 4.90 Å². The number of amides is 1. The third-order valence-corrected chi connectivity index (χ3v) is 3.92. The second-order valence-electron chi connectivity index (χ2n) is 5.81. The molecule has 1 aliphatic rings. The van der Waals surface area contributed by atoms with Gasteiger partial charge in [0.15, 0.2) is 0 Å². The van der Waals surface area contributed by atoms with Crippen molar-refractivity contribution in [3.05, 3.63) is 0 Å². The Bertz CT molecular complexity index is 319. The summed E-state index contributed by atoms with van der Waals surface area (Å²) in [6.07, 6.45) is 8.46. The lowest BCUT2D eigenvalue weighted by Gasteiger charge is -2.15. The standard InChI is InChI=1S/C16H29NO4/c1-2-3-4-5-6-7-10-21-11-8-9-17-13-14(16(19)20)12-15(17)18/h14H,2-13H2,1H3,(H,19,20). The fourth-order valence-electron chi connectivity index (χ4n) is 2.60. The van der Waals surface area contributed by atoms with E-state index in [1.54, 1.807) is 4.90 Å². The number of ether oxygens (including phenoxy) is 1. The number of likely N-dealkylation sites (tertiary alicyclic amines) is 1. The van der Waals surface area contributed by atoms with E-state index in [2.05, 4.69) is 6.92 Å². The maximum Gasteiger partial charge on any atom is 0.308 e. The van der Waals surface area contributed by atoms with E-state index in [9.17, 15) is 9.59 Å². The first-order chi connectivity index (χ1) is 10.1. The van der Waals surface area contributed by atoms with E-state index in [0.717, 1.165) is 19.4 Å². The van der Waals surface area contributed by atoms with Gasteiger partial charge in [0, 0.05) is 32.7 Å². The van der Waals surface area contributed by atoms with Crippen LogP contribution in [-0.4, -0.2) is 48.2 Å². The molecule has 0 spiro atoms. The molecule has 0 aromatic rings. The SMILES string of the molecule is CCCCCCCCOCCCN1CC(C(=O)O)CC1=O. The Morgan fingerprint density at radius 1 is 1.19 bits per heavy atom. The summed E-state index contributed by atoms with van der Waals surface area (Å²) >= 11 is 0. The summed E-state index contributed by atoms with van der Waals surface area (Å²) in [4.78, 5) is 24.1. The Balaban J connectivity index is 1.93. The molecule has 0 radical (unpaired) electrons. The van der Waals surface area contributed by atoms with Crippen molar-refractivity contribution < 1.29 is 19.4 Å². The summed E-state index contributed by atoms with van der Waals surface area (Å²) in [6, 6.07) is 0. The average molecular weight is 299 g/mol. The highest BCUT2D eigenvalue weighted by Gasteiger charge is 2.33. The number of unbranched alkanes of at least 4 members (excludes halogenated alkanes) is 5. The number of carbonyl (C=O) groups is 2. The van der Waals surface area contributed by atoms with Crippen LogP contribution in [0, 0.1) is 5.92 Å². The fourth-order valence-corrected chi connectivity index (χ4v) is 2.60. The van der Waals surface area contributed by atoms with Gasteiger partial charge in [-0.3, -0.25) is 9.59 Å². The van der Waals surface area contributed by atoms with E-state index in [1.165, 1.54) is 32.1 Å². The van der Waals surface area contributed by atoms with Crippen LogP contribution in [0.15, 0.2) is 0 Å². The van der Waals surface area contributed by atoms with Gasteiger partial charge in [0.25, 0.3) is 0 Å². The number of carboxylic acids is 1. The highest BCUT2D eigenvalue weighted by Crippen LogP contribution is 2.17. The predicted octanol–water partition coefficient (Wildman–Crippen LogP) is 2.69. The molecule has 5 heteroatoms. The molecule has 5 nitrogen and oxygen atoms in total. The number of nitrogens with zero attached hydrogens (tertiary/aromatic N) is 1. The molecule has 122 valence electrons.